The van der Waals surface area contributed by atoms with Gasteiger partial charge in [-0.2, -0.15) is 4.13 Å². The predicted molar refractivity (Wildman–Crippen MR) is 100 cm³/mol. The van der Waals surface area contributed by atoms with Crippen molar-refractivity contribution in [3.63, 3.8) is 0 Å². The molecule has 0 aromatic heterocycles. The number of nitrogens with zero attached hydrogens (tertiary/aromatic N) is 1. The van der Waals surface area contributed by atoms with Crippen molar-refractivity contribution in [2.24, 2.45) is 4.13 Å². The molecule has 2 nitrogen and oxygen atoms in total. The summed E-state index contributed by atoms with van der Waals surface area (Å²) in [7, 11) is -3.46. The van der Waals surface area contributed by atoms with Gasteiger partial charge < -0.3 is 0 Å². The van der Waals surface area contributed by atoms with Gasteiger partial charge in [-0.1, -0.05) is 78.9 Å². The standard InChI is InChI=1S/C19H18NOPS/c1-23(21,19-15-9-4-10-16-19)20-22(17-11-5-2-6-12-17)18-13-7-3-8-14-18/h2-16H,1H3. The van der Waals surface area contributed by atoms with Crippen LogP contribution in [0.5, 0.6) is 0 Å². The molecule has 0 saturated heterocycles. The second kappa shape index (κ2) is 7.08. The quantitative estimate of drug-likeness (QED) is 0.655. The highest BCUT2D eigenvalue weighted by molar-refractivity contribution is 7.97. The molecule has 3 aromatic carbocycles. The fourth-order valence-electron chi connectivity index (χ4n) is 2.26. The van der Waals surface area contributed by atoms with E-state index in [1.165, 1.54) is 0 Å². The van der Waals surface area contributed by atoms with Crippen LogP contribution in [0.25, 0.3) is 0 Å². The van der Waals surface area contributed by atoms with E-state index in [1.807, 2.05) is 66.7 Å². The smallest absolute Gasteiger partial charge is 0.0893 e. The van der Waals surface area contributed by atoms with E-state index in [2.05, 4.69) is 24.3 Å². The summed E-state index contributed by atoms with van der Waals surface area (Å²) >= 11 is 0. The summed E-state index contributed by atoms with van der Waals surface area (Å²) in [6, 6.07) is 29.7. The molecule has 0 heterocycles. The van der Waals surface area contributed by atoms with Gasteiger partial charge in [0.1, 0.15) is 0 Å². The molecule has 4 heteroatoms. The Hall–Kier alpha value is -1.96. The zero-order chi connectivity index (χ0) is 16.1. The highest BCUT2D eigenvalue weighted by Crippen LogP contribution is 2.37. The fourth-order valence-corrected chi connectivity index (χ4v) is 6.50. The van der Waals surface area contributed by atoms with Gasteiger partial charge in [-0.05, 0) is 12.1 Å². The molecule has 23 heavy (non-hydrogen) atoms. The molecule has 0 radical (unpaired) electrons. The summed E-state index contributed by atoms with van der Waals surface area (Å²) < 4.78 is 18.0. The van der Waals surface area contributed by atoms with Crippen molar-refractivity contribution in [2.45, 2.75) is 4.90 Å². The van der Waals surface area contributed by atoms with E-state index < -0.39 is 17.8 Å². The summed E-state index contributed by atoms with van der Waals surface area (Å²) in [5.74, 6) is 0. The molecular formula is C19H18NOPS. The molecule has 0 spiro atoms. The minimum absolute atomic E-state index is 0.777. The van der Waals surface area contributed by atoms with Crippen molar-refractivity contribution in [1.82, 2.24) is 0 Å². The Morgan fingerprint density at radius 3 is 1.52 bits per heavy atom. The Labute approximate surface area is 139 Å². The molecule has 0 aliphatic carbocycles. The number of hydrogen-bond acceptors (Lipinski definition) is 2. The SMILES string of the molecule is CS(=O)(=NP(c1ccccc1)c1ccccc1)c1ccccc1. The molecular weight excluding hydrogens is 321 g/mol. The van der Waals surface area contributed by atoms with Gasteiger partial charge in [0.05, 0.1) is 17.8 Å². The van der Waals surface area contributed by atoms with Crippen molar-refractivity contribution in [3.8, 4) is 0 Å². The summed E-state index contributed by atoms with van der Waals surface area (Å²) in [5, 5.41) is 2.22. The van der Waals surface area contributed by atoms with Gasteiger partial charge in [0.25, 0.3) is 0 Å². The highest BCUT2D eigenvalue weighted by atomic mass is 32.2. The molecule has 1 atom stereocenters. The molecule has 1 unspecified atom stereocenters. The zero-order valence-corrected chi connectivity index (χ0v) is 14.6. The molecule has 0 saturated carbocycles. The Morgan fingerprint density at radius 1 is 0.696 bits per heavy atom. The molecule has 0 amide bonds. The third-order valence-electron chi connectivity index (χ3n) is 3.42. The highest BCUT2D eigenvalue weighted by Gasteiger charge is 2.16. The lowest BCUT2D eigenvalue weighted by Gasteiger charge is -2.15. The van der Waals surface area contributed by atoms with Crippen LogP contribution in [0.1, 0.15) is 0 Å². The van der Waals surface area contributed by atoms with Crippen LogP contribution in [0, 0.1) is 0 Å². The maximum atomic E-state index is 13.2. The Morgan fingerprint density at radius 2 is 1.09 bits per heavy atom. The third kappa shape index (κ3) is 3.87. The summed E-state index contributed by atoms with van der Waals surface area (Å²) in [6.07, 6.45) is 1.73. The lowest BCUT2D eigenvalue weighted by atomic mass is 10.4. The molecule has 3 aromatic rings. The van der Waals surface area contributed by atoms with Crippen LogP contribution in [-0.2, 0) is 9.73 Å². The second-order valence-corrected chi connectivity index (χ2v) is 9.57. The maximum absolute atomic E-state index is 13.2. The summed E-state index contributed by atoms with van der Waals surface area (Å²) in [6.45, 7) is 0. The average molecular weight is 339 g/mol. The Balaban J connectivity index is 2.14. The first-order valence-electron chi connectivity index (χ1n) is 7.34. The molecule has 0 fully saturated rings. The topological polar surface area (TPSA) is 29.4 Å². The van der Waals surface area contributed by atoms with Gasteiger partial charge in [0.15, 0.2) is 0 Å². The fraction of sp³-hybridized carbons (Fsp3) is 0.0526. The van der Waals surface area contributed by atoms with E-state index in [4.69, 9.17) is 4.13 Å². The molecule has 116 valence electrons. The maximum Gasteiger partial charge on any atom is 0.0893 e. The minimum atomic E-state index is -2.45. The van der Waals surface area contributed by atoms with Crippen LogP contribution in [0.2, 0.25) is 0 Å². The van der Waals surface area contributed by atoms with Gasteiger partial charge in [-0.15, -0.1) is 0 Å². The molecule has 0 aliphatic heterocycles. The number of benzene rings is 3. The van der Waals surface area contributed by atoms with Gasteiger partial charge in [-0.3, -0.25) is 0 Å². The first-order chi connectivity index (χ1) is 11.2. The summed E-state index contributed by atoms with van der Waals surface area (Å²) in [5.41, 5.74) is 0. The van der Waals surface area contributed by atoms with Gasteiger partial charge >= 0.3 is 0 Å². The van der Waals surface area contributed by atoms with Gasteiger partial charge in [-0.25, -0.2) is 4.21 Å². The van der Waals surface area contributed by atoms with Crippen molar-refractivity contribution < 1.29 is 4.21 Å². The van der Waals surface area contributed by atoms with Crippen LogP contribution in [0.4, 0.5) is 0 Å². The molecule has 0 bridgehead atoms. The predicted octanol–water partition coefficient (Wildman–Crippen LogP) is 4.19. The Bertz CT molecular complexity index is 834. The Kier molecular flexibility index (Phi) is 4.90. The van der Waals surface area contributed by atoms with Crippen LogP contribution >= 0.6 is 8.07 Å². The van der Waals surface area contributed by atoms with Crippen LogP contribution in [0.15, 0.2) is 100 Å². The van der Waals surface area contributed by atoms with E-state index in [9.17, 15) is 4.21 Å². The lowest BCUT2D eigenvalue weighted by Crippen LogP contribution is -2.11. The largest absolute Gasteiger partial charge is 0.245 e. The van der Waals surface area contributed by atoms with E-state index in [-0.39, 0.29) is 0 Å². The normalized spacial score (nSPS) is 13.5. The lowest BCUT2D eigenvalue weighted by molar-refractivity contribution is 0.681. The van der Waals surface area contributed by atoms with E-state index in [0.717, 1.165) is 15.5 Å². The van der Waals surface area contributed by atoms with Crippen LogP contribution < -0.4 is 10.6 Å². The van der Waals surface area contributed by atoms with E-state index >= 15 is 0 Å². The van der Waals surface area contributed by atoms with E-state index in [1.54, 1.807) is 6.26 Å². The minimum Gasteiger partial charge on any atom is -0.245 e. The zero-order valence-electron chi connectivity index (χ0n) is 12.9. The van der Waals surface area contributed by atoms with Crippen molar-refractivity contribution in [2.75, 3.05) is 6.26 Å². The average Bonchev–Trinajstić information content (AvgIpc) is 2.62. The first kappa shape index (κ1) is 15.9. The van der Waals surface area contributed by atoms with Crippen molar-refractivity contribution in [1.29, 1.82) is 0 Å². The monoisotopic (exact) mass is 339 g/mol. The van der Waals surface area contributed by atoms with Crippen molar-refractivity contribution >= 4 is 28.4 Å². The molecule has 3 rings (SSSR count). The first-order valence-corrected chi connectivity index (χ1v) is 10.6. The van der Waals surface area contributed by atoms with E-state index in [0.29, 0.717) is 0 Å². The van der Waals surface area contributed by atoms with Crippen LogP contribution in [0.3, 0.4) is 0 Å². The number of hydrogen-bond donors (Lipinski definition) is 0. The second-order valence-electron chi connectivity index (χ2n) is 5.18. The third-order valence-corrected chi connectivity index (χ3v) is 8.04. The van der Waals surface area contributed by atoms with Gasteiger partial charge in [0.2, 0.25) is 0 Å². The number of rotatable bonds is 4. The van der Waals surface area contributed by atoms with Crippen molar-refractivity contribution in [3.05, 3.63) is 91.0 Å². The molecule has 0 N–H and O–H groups in total. The molecule has 0 aliphatic rings. The van der Waals surface area contributed by atoms with Gasteiger partial charge in [0, 0.05) is 21.8 Å². The summed E-state index contributed by atoms with van der Waals surface area (Å²) in [4.78, 5) is 0.777. The van der Waals surface area contributed by atoms with Crippen LogP contribution in [-0.4, -0.2) is 10.5 Å².